The normalized spacial score (nSPS) is 11.6. The van der Waals surface area contributed by atoms with Gasteiger partial charge >= 0.3 is 0 Å². The zero-order valence-electron chi connectivity index (χ0n) is 11.8. The molecular formula is C13H17N5O2S. The molecule has 2 rings (SSSR count). The predicted octanol–water partition coefficient (Wildman–Crippen LogP) is 0.891. The third-order valence-corrected chi connectivity index (χ3v) is 4.75. The monoisotopic (exact) mass is 307 g/mol. The van der Waals surface area contributed by atoms with Crippen molar-refractivity contribution in [2.45, 2.75) is 18.4 Å². The van der Waals surface area contributed by atoms with E-state index >= 15 is 0 Å². The van der Waals surface area contributed by atoms with Gasteiger partial charge in [-0.25, -0.2) is 24.2 Å². The van der Waals surface area contributed by atoms with Gasteiger partial charge in [0, 0.05) is 13.6 Å². The number of benzene rings is 1. The van der Waals surface area contributed by atoms with Gasteiger partial charge in [0.2, 0.25) is 16.0 Å². The van der Waals surface area contributed by atoms with Crippen LogP contribution in [0.3, 0.4) is 0 Å². The Balaban J connectivity index is 2.19. The summed E-state index contributed by atoms with van der Waals surface area (Å²) in [4.78, 5) is 7.65. The first-order chi connectivity index (χ1) is 9.93. The van der Waals surface area contributed by atoms with Gasteiger partial charge < -0.3 is 0 Å². The molecule has 1 heterocycles. The van der Waals surface area contributed by atoms with Crippen LogP contribution in [0.25, 0.3) is 0 Å². The third kappa shape index (κ3) is 3.54. The van der Waals surface area contributed by atoms with E-state index in [4.69, 9.17) is 5.84 Å². The van der Waals surface area contributed by atoms with Crippen LogP contribution in [0.5, 0.6) is 0 Å². The Morgan fingerprint density at radius 2 is 1.76 bits per heavy atom. The van der Waals surface area contributed by atoms with Gasteiger partial charge in [0.1, 0.15) is 4.90 Å². The highest BCUT2D eigenvalue weighted by molar-refractivity contribution is 7.89. The summed E-state index contributed by atoms with van der Waals surface area (Å²) in [7, 11) is -2.11. The molecule has 0 saturated carbocycles. The summed E-state index contributed by atoms with van der Waals surface area (Å²) in [5.41, 5.74) is 4.29. The largest absolute Gasteiger partial charge is 0.292 e. The first-order valence-corrected chi connectivity index (χ1v) is 7.68. The second-order valence-electron chi connectivity index (χ2n) is 4.63. The first kappa shape index (κ1) is 15.4. The summed E-state index contributed by atoms with van der Waals surface area (Å²) >= 11 is 0. The van der Waals surface area contributed by atoms with Crippen molar-refractivity contribution >= 4 is 16.0 Å². The minimum Gasteiger partial charge on any atom is -0.292 e. The first-order valence-electron chi connectivity index (χ1n) is 6.24. The summed E-state index contributed by atoms with van der Waals surface area (Å²) in [5.74, 6) is 5.31. The van der Waals surface area contributed by atoms with E-state index in [-0.39, 0.29) is 17.4 Å². The minimum atomic E-state index is -3.63. The van der Waals surface area contributed by atoms with Crippen LogP contribution in [0, 0.1) is 6.92 Å². The molecule has 0 fully saturated rings. The fourth-order valence-electron chi connectivity index (χ4n) is 1.74. The topological polar surface area (TPSA) is 101 Å². The number of hydrogen-bond donors (Lipinski definition) is 2. The van der Waals surface area contributed by atoms with Gasteiger partial charge in [-0.3, -0.25) is 5.43 Å². The third-order valence-electron chi connectivity index (χ3n) is 2.99. The Hall–Kier alpha value is -2.03. The van der Waals surface area contributed by atoms with Gasteiger partial charge in [-0.15, -0.1) is 0 Å². The lowest BCUT2D eigenvalue weighted by molar-refractivity contribution is 0.466. The predicted molar refractivity (Wildman–Crippen MR) is 79.7 cm³/mol. The van der Waals surface area contributed by atoms with E-state index in [1.807, 2.05) is 31.2 Å². The average molecular weight is 307 g/mol. The quantitative estimate of drug-likeness (QED) is 0.628. The molecule has 0 radical (unpaired) electrons. The van der Waals surface area contributed by atoms with Gasteiger partial charge in [-0.1, -0.05) is 29.8 Å². The highest BCUT2D eigenvalue weighted by atomic mass is 32.2. The highest BCUT2D eigenvalue weighted by Gasteiger charge is 2.21. The maximum Gasteiger partial charge on any atom is 0.246 e. The Morgan fingerprint density at radius 1 is 1.19 bits per heavy atom. The molecule has 112 valence electrons. The van der Waals surface area contributed by atoms with Crippen LogP contribution in [-0.4, -0.2) is 29.7 Å². The summed E-state index contributed by atoms with van der Waals surface area (Å²) < 4.78 is 26.1. The van der Waals surface area contributed by atoms with Crippen LogP contribution in [0.4, 0.5) is 5.95 Å². The number of nitrogens with zero attached hydrogens (tertiary/aromatic N) is 3. The number of anilines is 1. The number of nitrogens with one attached hydrogen (secondary N) is 1. The van der Waals surface area contributed by atoms with Gasteiger partial charge in [-0.05, 0) is 12.5 Å². The molecular weight excluding hydrogens is 290 g/mol. The summed E-state index contributed by atoms with van der Waals surface area (Å²) in [6.45, 7) is 2.26. The molecule has 1 aromatic carbocycles. The van der Waals surface area contributed by atoms with Crippen molar-refractivity contribution in [2.24, 2.45) is 5.84 Å². The van der Waals surface area contributed by atoms with Gasteiger partial charge in [0.15, 0.2) is 0 Å². The van der Waals surface area contributed by atoms with E-state index in [1.165, 1.54) is 23.7 Å². The Morgan fingerprint density at radius 3 is 2.29 bits per heavy atom. The molecule has 7 nitrogen and oxygen atoms in total. The molecule has 21 heavy (non-hydrogen) atoms. The van der Waals surface area contributed by atoms with Crippen LogP contribution < -0.4 is 11.3 Å². The molecule has 0 amide bonds. The van der Waals surface area contributed by atoms with Crippen molar-refractivity contribution in [3.63, 3.8) is 0 Å². The number of hydrogen-bond acceptors (Lipinski definition) is 6. The van der Waals surface area contributed by atoms with E-state index in [0.29, 0.717) is 0 Å². The summed E-state index contributed by atoms with van der Waals surface area (Å²) in [5, 5.41) is 0. The van der Waals surface area contributed by atoms with E-state index < -0.39 is 10.0 Å². The van der Waals surface area contributed by atoms with Crippen molar-refractivity contribution in [1.29, 1.82) is 0 Å². The van der Waals surface area contributed by atoms with Crippen LogP contribution >= 0.6 is 0 Å². The highest BCUT2D eigenvalue weighted by Crippen LogP contribution is 2.16. The van der Waals surface area contributed by atoms with E-state index in [1.54, 1.807) is 0 Å². The van der Waals surface area contributed by atoms with E-state index in [0.717, 1.165) is 11.1 Å². The zero-order valence-corrected chi connectivity index (χ0v) is 12.6. The Labute approximate surface area is 123 Å². The molecule has 8 heteroatoms. The fraction of sp³-hybridized carbons (Fsp3) is 0.231. The van der Waals surface area contributed by atoms with Crippen molar-refractivity contribution in [3.8, 4) is 0 Å². The number of nitrogens with two attached hydrogens (primary N) is 1. The Kier molecular flexibility index (Phi) is 4.51. The SMILES string of the molecule is Cc1ccc(CN(C)S(=O)(=O)c2cnc(NN)nc2)cc1. The molecule has 0 aliphatic carbocycles. The van der Waals surface area contributed by atoms with E-state index in [2.05, 4.69) is 15.4 Å². The maximum atomic E-state index is 12.4. The van der Waals surface area contributed by atoms with Gasteiger partial charge in [0.25, 0.3) is 0 Å². The Bertz CT molecular complexity index is 698. The fourth-order valence-corrected chi connectivity index (χ4v) is 2.79. The number of aromatic nitrogens is 2. The van der Waals surface area contributed by atoms with Crippen LogP contribution in [-0.2, 0) is 16.6 Å². The van der Waals surface area contributed by atoms with Crippen molar-refractivity contribution in [1.82, 2.24) is 14.3 Å². The molecule has 0 saturated heterocycles. The molecule has 0 bridgehead atoms. The van der Waals surface area contributed by atoms with Crippen molar-refractivity contribution < 1.29 is 8.42 Å². The van der Waals surface area contributed by atoms with Gasteiger partial charge in [-0.2, -0.15) is 4.31 Å². The second kappa shape index (κ2) is 6.17. The number of hydrazine groups is 1. The molecule has 0 atom stereocenters. The number of rotatable bonds is 5. The number of aryl methyl sites for hydroxylation is 1. The maximum absolute atomic E-state index is 12.4. The molecule has 0 aliphatic heterocycles. The lowest BCUT2D eigenvalue weighted by Crippen LogP contribution is -2.27. The average Bonchev–Trinajstić information content (AvgIpc) is 2.49. The molecule has 0 unspecified atom stereocenters. The molecule has 2 aromatic rings. The summed E-state index contributed by atoms with van der Waals surface area (Å²) in [6.07, 6.45) is 2.45. The van der Waals surface area contributed by atoms with Crippen LogP contribution in [0.1, 0.15) is 11.1 Å². The lowest BCUT2D eigenvalue weighted by Gasteiger charge is -2.17. The number of nitrogen functional groups attached to an aromatic ring is 1. The molecule has 0 aliphatic rings. The standard InChI is InChI=1S/C13H17N5O2S/c1-10-3-5-11(6-4-10)9-18(2)21(19,20)12-7-15-13(17-14)16-8-12/h3-8H,9,14H2,1-2H3,(H,15,16,17). The van der Waals surface area contributed by atoms with Crippen LogP contribution in [0.2, 0.25) is 0 Å². The molecule has 1 aromatic heterocycles. The van der Waals surface area contributed by atoms with Crippen LogP contribution in [0.15, 0.2) is 41.6 Å². The number of sulfonamides is 1. The lowest BCUT2D eigenvalue weighted by atomic mass is 10.1. The van der Waals surface area contributed by atoms with Crippen molar-refractivity contribution in [3.05, 3.63) is 47.8 Å². The smallest absolute Gasteiger partial charge is 0.246 e. The second-order valence-corrected chi connectivity index (χ2v) is 6.68. The van der Waals surface area contributed by atoms with E-state index in [9.17, 15) is 8.42 Å². The van der Waals surface area contributed by atoms with Gasteiger partial charge in [0.05, 0.1) is 12.4 Å². The minimum absolute atomic E-state index is 0.0242. The van der Waals surface area contributed by atoms with Crippen molar-refractivity contribution in [2.75, 3.05) is 12.5 Å². The molecule has 0 spiro atoms. The molecule has 3 N–H and O–H groups in total. The zero-order chi connectivity index (χ0) is 15.5. The summed E-state index contributed by atoms with van der Waals surface area (Å²) in [6, 6.07) is 7.69.